The SMILES string of the molecule is CC1CC(O)(Cc2nc(C(C)(C)C)cs2)CN1C1CC1. The predicted molar refractivity (Wildman–Crippen MR) is 83.3 cm³/mol. The van der Waals surface area contributed by atoms with Gasteiger partial charge in [0.1, 0.15) is 0 Å². The number of β-amino-alcohol motifs (C(OH)–C–C–N with tert-alkyl or cyclic N) is 1. The molecule has 20 heavy (non-hydrogen) atoms. The van der Waals surface area contributed by atoms with Crippen molar-refractivity contribution in [2.45, 2.75) is 76.5 Å². The van der Waals surface area contributed by atoms with Crippen LogP contribution < -0.4 is 0 Å². The van der Waals surface area contributed by atoms with Crippen LogP contribution in [-0.2, 0) is 11.8 Å². The lowest BCUT2D eigenvalue weighted by Gasteiger charge is -2.23. The zero-order valence-electron chi connectivity index (χ0n) is 13.0. The third kappa shape index (κ3) is 2.92. The van der Waals surface area contributed by atoms with Crippen LogP contribution in [0.15, 0.2) is 5.38 Å². The Hall–Kier alpha value is -0.450. The summed E-state index contributed by atoms with van der Waals surface area (Å²) < 4.78 is 0. The number of hydrogen-bond donors (Lipinski definition) is 1. The largest absolute Gasteiger partial charge is 0.388 e. The summed E-state index contributed by atoms with van der Waals surface area (Å²) in [6, 6.07) is 1.25. The molecule has 1 aliphatic carbocycles. The zero-order valence-corrected chi connectivity index (χ0v) is 13.8. The number of likely N-dealkylation sites (tertiary alicyclic amines) is 1. The van der Waals surface area contributed by atoms with Gasteiger partial charge < -0.3 is 5.11 Å². The topological polar surface area (TPSA) is 36.4 Å². The van der Waals surface area contributed by atoms with Crippen LogP contribution in [0.3, 0.4) is 0 Å². The summed E-state index contributed by atoms with van der Waals surface area (Å²) in [5.74, 6) is 0. The molecule has 0 bridgehead atoms. The first-order valence-corrected chi connectivity index (χ1v) is 8.58. The molecule has 0 radical (unpaired) electrons. The van der Waals surface area contributed by atoms with Gasteiger partial charge in [-0.25, -0.2) is 4.98 Å². The normalized spacial score (nSPS) is 31.9. The molecule has 1 aromatic heterocycles. The lowest BCUT2D eigenvalue weighted by atomic mass is 9.93. The van der Waals surface area contributed by atoms with E-state index in [0.717, 1.165) is 29.7 Å². The van der Waals surface area contributed by atoms with Gasteiger partial charge in [-0.3, -0.25) is 4.90 Å². The predicted octanol–water partition coefficient (Wildman–Crippen LogP) is 2.97. The van der Waals surface area contributed by atoms with Crippen LogP contribution in [0.1, 0.15) is 57.7 Å². The van der Waals surface area contributed by atoms with E-state index in [-0.39, 0.29) is 5.41 Å². The molecule has 1 aromatic rings. The first-order chi connectivity index (χ1) is 9.27. The molecular weight excluding hydrogens is 268 g/mol. The Morgan fingerprint density at radius 2 is 2.15 bits per heavy atom. The second-order valence-electron chi connectivity index (χ2n) is 7.73. The number of rotatable bonds is 3. The van der Waals surface area contributed by atoms with E-state index < -0.39 is 5.60 Å². The Morgan fingerprint density at radius 1 is 1.45 bits per heavy atom. The lowest BCUT2D eigenvalue weighted by molar-refractivity contribution is 0.0486. The fourth-order valence-electron chi connectivity index (χ4n) is 3.27. The molecule has 2 heterocycles. The molecule has 2 unspecified atom stereocenters. The standard InChI is InChI=1S/C16H26N2OS/c1-11-7-16(19,10-18(11)12-5-6-12)8-14-17-13(9-20-14)15(2,3)4/h9,11-12,19H,5-8,10H2,1-4H3. The lowest BCUT2D eigenvalue weighted by Crippen LogP contribution is -2.36. The summed E-state index contributed by atoms with van der Waals surface area (Å²) in [4.78, 5) is 7.24. The average molecular weight is 294 g/mol. The van der Waals surface area contributed by atoms with Gasteiger partial charge in [-0.1, -0.05) is 20.8 Å². The second-order valence-corrected chi connectivity index (χ2v) is 8.68. The minimum absolute atomic E-state index is 0.0976. The van der Waals surface area contributed by atoms with Crippen molar-refractivity contribution in [2.75, 3.05) is 6.54 Å². The van der Waals surface area contributed by atoms with Gasteiger partial charge >= 0.3 is 0 Å². The van der Waals surface area contributed by atoms with Crippen LogP contribution in [0.4, 0.5) is 0 Å². The maximum Gasteiger partial charge on any atom is 0.0957 e. The van der Waals surface area contributed by atoms with E-state index in [1.165, 1.54) is 12.8 Å². The van der Waals surface area contributed by atoms with E-state index in [1.54, 1.807) is 11.3 Å². The summed E-state index contributed by atoms with van der Waals surface area (Å²) in [5.41, 5.74) is 0.668. The van der Waals surface area contributed by atoms with Crippen LogP contribution in [0.2, 0.25) is 0 Å². The number of aromatic nitrogens is 1. The maximum atomic E-state index is 10.9. The summed E-state index contributed by atoms with van der Waals surface area (Å²) >= 11 is 1.70. The van der Waals surface area contributed by atoms with E-state index in [4.69, 9.17) is 4.98 Å². The summed E-state index contributed by atoms with van der Waals surface area (Å²) in [6.45, 7) is 9.63. The van der Waals surface area contributed by atoms with Gasteiger partial charge in [0.05, 0.1) is 16.3 Å². The van der Waals surface area contributed by atoms with Crippen molar-refractivity contribution in [3.8, 4) is 0 Å². The van der Waals surface area contributed by atoms with Gasteiger partial charge in [0.2, 0.25) is 0 Å². The molecule has 4 heteroatoms. The number of aliphatic hydroxyl groups is 1. The molecule has 3 rings (SSSR count). The molecule has 1 saturated carbocycles. The minimum Gasteiger partial charge on any atom is -0.388 e. The van der Waals surface area contributed by atoms with E-state index in [0.29, 0.717) is 12.5 Å². The number of hydrogen-bond acceptors (Lipinski definition) is 4. The second kappa shape index (κ2) is 4.79. The van der Waals surface area contributed by atoms with Gasteiger partial charge in [-0.05, 0) is 26.2 Å². The molecule has 0 spiro atoms. The van der Waals surface area contributed by atoms with Gasteiger partial charge in [-0.15, -0.1) is 11.3 Å². The van der Waals surface area contributed by atoms with Crippen molar-refractivity contribution >= 4 is 11.3 Å². The van der Waals surface area contributed by atoms with Crippen molar-refractivity contribution in [1.29, 1.82) is 0 Å². The Labute approximate surface area is 126 Å². The molecule has 2 aliphatic rings. The maximum absolute atomic E-state index is 10.9. The van der Waals surface area contributed by atoms with Crippen LogP contribution >= 0.6 is 11.3 Å². The average Bonchev–Trinajstić information content (AvgIpc) is 2.97. The molecule has 2 atom stereocenters. The highest BCUT2D eigenvalue weighted by Gasteiger charge is 2.46. The number of nitrogens with zero attached hydrogens (tertiary/aromatic N) is 2. The van der Waals surface area contributed by atoms with Crippen molar-refractivity contribution < 1.29 is 5.11 Å². The molecule has 2 fully saturated rings. The molecule has 3 nitrogen and oxygen atoms in total. The molecule has 0 aromatic carbocycles. The highest BCUT2D eigenvalue weighted by molar-refractivity contribution is 7.09. The Morgan fingerprint density at radius 3 is 2.70 bits per heavy atom. The summed E-state index contributed by atoms with van der Waals surface area (Å²) in [6.07, 6.45) is 4.22. The van der Waals surface area contributed by atoms with E-state index >= 15 is 0 Å². The van der Waals surface area contributed by atoms with Crippen molar-refractivity contribution in [1.82, 2.24) is 9.88 Å². The third-order valence-corrected chi connectivity index (χ3v) is 5.38. The van der Waals surface area contributed by atoms with Crippen LogP contribution in [0.25, 0.3) is 0 Å². The van der Waals surface area contributed by atoms with Crippen LogP contribution in [-0.4, -0.2) is 39.2 Å². The smallest absolute Gasteiger partial charge is 0.0957 e. The third-order valence-electron chi connectivity index (χ3n) is 4.53. The van der Waals surface area contributed by atoms with Crippen LogP contribution in [0, 0.1) is 0 Å². The monoisotopic (exact) mass is 294 g/mol. The summed E-state index contributed by atoms with van der Waals surface area (Å²) in [5, 5.41) is 14.1. The molecule has 1 aliphatic heterocycles. The van der Waals surface area contributed by atoms with Crippen molar-refractivity contribution in [3.63, 3.8) is 0 Å². The number of thiazole rings is 1. The van der Waals surface area contributed by atoms with Gasteiger partial charge in [0.25, 0.3) is 0 Å². The van der Waals surface area contributed by atoms with Gasteiger partial charge in [-0.2, -0.15) is 0 Å². The fraction of sp³-hybridized carbons (Fsp3) is 0.812. The van der Waals surface area contributed by atoms with E-state index in [9.17, 15) is 5.11 Å². The minimum atomic E-state index is -0.574. The van der Waals surface area contributed by atoms with Gasteiger partial charge in [0.15, 0.2) is 0 Å². The van der Waals surface area contributed by atoms with E-state index in [1.807, 2.05) is 0 Å². The molecule has 112 valence electrons. The first kappa shape index (κ1) is 14.5. The zero-order chi connectivity index (χ0) is 14.5. The summed E-state index contributed by atoms with van der Waals surface area (Å²) in [7, 11) is 0. The first-order valence-electron chi connectivity index (χ1n) is 7.70. The Bertz CT molecular complexity index is 489. The van der Waals surface area contributed by atoms with E-state index in [2.05, 4.69) is 38.0 Å². The quantitative estimate of drug-likeness (QED) is 0.931. The fourth-order valence-corrected chi connectivity index (χ4v) is 4.43. The van der Waals surface area contributed by atoms with Crippen molar-refractivity contribution in [2.24, 2.45) is 0 Å². The highest BCUT2D eigenvalue weighted by atomic mass is 32.1. The Kier molecular flexibility index (Phi) is 3.47. The highest BCUT2D eigenvalue weighted by Crippen LogP contribution is 2.39. The molecule has 1 N–H and O–H groups in total. The Balaban J connectivity index is 1.69. The molecular formula is C16H26N2OS. The van der Waals surface area contributed by atoms with Crippen molar-refractivity contribution in [3.05, 3.63) is 16.1 Å². The van der Waals surface area contributed by atoms with Crippen LogP contribution in [0.5, 0.6) is 0 Å². The molecule has 0 amide bonds. The molecule has 1 saturated heterocycles. The van der Waals surface area contributed by atoms with Gasteiger partial charge in [0, 0.05) is 35.8 Å².